The highest BCUT2D eigenvalue weighted by Crippen LogP contribution is 2.34. The number of hydrogen-bond donors (Lipinski definition) is 2. The number of ether oxygens (including phenoxy) is 1. The molecule has 0 radical (unpaired) electrons. The molecule has 3 heterocycles. The average molecular weight is 454 g/mol. The molecule has 1 aromatic carbocycles. The van der Waals surface area contributed by atoms with Crippen LogP contribution >= 0.6 is 0 Å². The van der Waals surface area contributed by atoms with Gasteiger partial charge in [-0.05, 0) is 68.9 Å². The van der Waals surface area contributed by atoms with Crippen LogP contribution in [-0.4, -0.2) is 48.0 Å². The van der Waals surface area contributed by atoms with Gasteiger partial charge in [0.1, 0.15) is 23.9 Å². The highest BCUT2D eigenvalue weighted by molar-refractivity contribution is 7.95. The van der Waals surface area contributed by atoms with E-state index in [9.17, 15) is 9.32 Å². The number of fused-ring (bicyclic) bond motifs is 1. The van der Waals surface area contributed by atoms with Crippen molar-refractivity contribution in [2.45, 2.75) is 51.2 Å². The first-order chi connectivity index (χ1) is 15.5. The number of rotatable bonds is 5. The lowest BCUT2D eigenvalue weighted by atomic mass is 9.95. The largest absolute Gasteiger partial charge is 0.473 e. The van der Waals surface area contributed by atoms with Crippen molar-refractivity contribution >= 4 is 37.8 Å². The molecule has 0 bridgehead atoms. The number of hydrogen-bond acceptors (Lipinski definition) is 8. The molecule has 8 nitrogen and oxygen atoms in total. The first-order valence-corrected chi connectivity index (χ1v) is 12.9. The Labute approximate surface area is 187 Å². The standard InChI is InChI=1S/C23H27N5O3S/c1-15-12-16(28-32(30)10-3-11-32)13-20-21(15)22(26-14-25-20)27-19-4-2-9-24-23(19)31-18-7-5-17(29)6-8-18/h2,4,9,12-14,17-18,29H,3,5-8,10-11H2,1H3,(H,25,26,27)/t17-,18-. The molecule has 0 unspecified atom stereocenters. The SMILES string of the molecule is Cc1cc(N=S2(=O)CCC2)cc2ncnc(Nc3cccnc3O[C@H]3CC[C@H](O)CC3)c12. The molecular formula is C23H27N5O3S. The predicted molar refractivity (Wildman–Crippen MR) is 125 cm³/mol. The van der Waals surface area contributed by atoms with Crippen LogP contribution in [0.1, 0.15) is 37.7 Å². The van der Waals surface area contributed by atoms with Crippen LogP contribution in [0.4, 0.5) is 17.2 Å². The molecule has 3 aromatic rings. The zero-order valence-corrected chi connectivity index (χ0v) is 18.8. The number of aliphatic hydroxyl groups is 1. The van der Waals surface area contributed by atoms with Gasteiger partial charge in [-0.3, -0.25) is 0 Å². The van der Waals surface area contributed by atoms with E-state index in [0.29, 0.717) is 28.9 Å². The number of aromatic nitrogens is 3. The smallest absolute Gasteiger partial charge is 0.238 e. The molecular weight excluding hydrogens is 426 g/mol. The maximum Gasteiger partial charge on any atom is 0.238 e. The Morgan fingerprint density at radius 2 is 1.97 bits per heavy atom. The average Bonchev–Trinajstić information content (AvgIpc) is 2.75. The van der Waals surface area contributed by atoms with E-state index in [1.807, 2.05) is 31.2 Å². The van der Waals surface area contributed by atoms with Gasteiger partial charge in [-0.25, -0.2) is 19.2 Å². The van der Waals surface area contributed by atoms with E-state index >= 15 is 0 Å². The van der Waals surface area contributed by atoms with Crippen molar-refractivity contribution in [2.24, 2.45) is 4.36 Å². The molecule has 1 aliphatic carbocycles. The normalized spacial score (nSPS) is 22.2. The monoisotopic (exact) mass is 453 g/mol. The van der Waals surface area contributed by atoms with E-state index in [-0.39, 0.29) is 12.2 Å². The minimum atomic E-state index is -2.08. The van der Waals surface area contributed by atoms with E-state index in [2.05, 4.69) is 24.6 Å². The van der Waals surface area contributed by atoms with Crippen molar-refractivity contribution in [3.05, 3.63) is 42.4 Å². The second-order valence-electron chi connectivity index (χ2n) is 8.53. The Morgan fingerprint density at radius 3 is 2.72 bits per heavy atom. The van der Waals surface area contributed by atoms with E-state index in [1.165, 1.54) is 6.33 Å². The van der Waals surface area contributed by atoms with Gasteiger partial charge in [0.05, 0.1) is 27.0 Å². The predicted octanol–water partition coefficient (Wildman–Crippen LogP) is 4.26. The fourth-order valence-electron chi connectivity index (χ4n) is 4.22. The van der Waals surface area contributed by atoms with E-state index < -0.39 is 9.73 Å². The van der Waals surface area contributed by atoms with Gasteiger partial charge in [0, 0.05) is 23.1 Å². The Balaban J connectivity index is 1.45. The molecule has 168 valence electrons. The van der Waals surface area contributed by atoms with Crippen molar-refractivity contribution in [1.82, 2.24) is 15.0 Å². The highest BCUT2D eigenvalue weighted by Gasteiger charge is 2.23. The molecule has 0 atom stereocenters. The quantitative estimate of drug-likeness (QED) is 0.594. The van der Waals surface area contributed by atoms with Gasteiger partial charge >= 0.3 is 0 Å². The molecule has 9 heteroatoms. The maximum atomic E-state index is 12.5. The third-order valence-electron chi connectivity index (χ3n) is 6.06. The fourth-order valence-corrected chi connectivity index (χ4v) is 5.68. The first-order valence-electron chi connectivity index (χ1n) is 11.0. The third-order valence-corrected chi connectivity index (χ3v) is 8.46. The van der Waals surface area contributed by atoms with Gasteiger partial charge in [-0.2, -0.15) is 4.36 Å². The van der Waals surface area contributed by atoms with Crippen LogP contribution in [0.2, 0.25) is 0 Å². The maximum absolute atomic E-state index is 12.5. The summed E-state index contributed by atoms with van der Waals surface area (Å²) in [7, 11) is -2.08. The Hall–Kier alpha value is -2.78. The molecule has 1 aliphatic heterocycles. The molecule has 2 aliphatic rings. The Bertz CT molecular complexity index is 1250. The summed E-state index contributed by atoms with van der Waals surface area (Å²) in [6, 6.07) is 7.57. The summed E-state index contributed by atoms with van der Waals surface area (Å²) < 4.78 is 23.2. The minimum absolute atomic E-state index is 0.0373. The Kier molecular flexibility index (Phi) is 5.69. The van der Waals surface area contributed by atoms with Gasteiger partial charge < -0.3 is 15.2 Å². The van der Waals surface area contributed by atoms with Gasteiger partial charge in [-0.1, -0.05) is 0 Å². The number of aryl methyl sites for hydroxylation is 1. The van der Waals surface area contributed by atoms with E-state index in [4.69, 9.17) is 4.74 Å². The topological polar surface area (TPSA) is 110 Å². The summed E-state index contributed by atoms with van der Waals surface area (Å²) >= 11 is 0. The summed E-state index contributed by atoms with van der Waals surface area (Å²) in [5.41, 5.74) is 3.13. The van der Waals surface area contributed by atoms with Crippen molar-refractivity contribution in [1.29, 1.82) is 0 Å². The molecule has 5 rings (SSSR count). The van der Waals surface area contributed by atoms with E-state index in [0.717, 1.165) is 54.3 Å². The number of nitrogens with zero attached hydrogens (tertiary/aromatic N) is 4. The van der Waals surface area contributed by atoms with Crippen LogP contribution in [-0.2, 0) is 9.73 Å². The van der Waals surface area contributed by atoms with Crippen molar-refractivity contribution in [3.63, 3.8) is 0 Å². The van der Waals surface area contributed by atoms with Crippen molar-refractivity contribution < 1.29 is 14.1 Å². The van der Waals surface area contributed by atoms with Crippen LogP contribution in [0.25, 0.3) is 10.9 Å². The molecule has 1 saturated heterocycles. The van der Waals surface area contributed by atoms with Crippen LogP contribution in [0, 0.1) is 6.92 Å². The second kappa shape index (κ2) is 8.63. The molecule has 0 amide bonds. The summed E-state index contributed by atoms with van der Waals surface area (Å²) in [5.74, 6) is 2.52. The molecule has 2 N–H and O–H groups in total. The first kappa shape index (κ1) is 21.1. The summed E-state index contributed by atoms with van der Waals surface area (Å²) in [6.45, 7) is 1.98. The van der Waals surface area contributed by atoms with Gasteiger partial charge in [0.15, 0.2) is 0 Å². The summed E-state index contributed by atoms with van der Waals surface area (Å²) in [4.78, 5) is 13.3. The Morgan fingerprint density at radius 1 is 1.16 bits per heavy atom. The minimum Gasteiger partial charge on any atom is -0.473 e. The lowest BCUT2D eigenvalue weighted by Crippen LogP contribution is -2.27. The molecule has 32 heavy (non-hydrogen) atoms. The lowest BCUT2D eigenvalue weighted by Gasteiger charge is -2.26. The van der Waals surface area contributed by atoms with Gasteiger partial charge in [0.25, 0.3) is 0 Å². The molecule has 2 aromatic heterocycles. The molecule has 2 fully saturated rings. The van der Waals surface area contributed by atoms with Crippen LogP contribution in [0.3, 0.4) is 0 Å². The molecule has 0 spiro atoms. The molecule has 1 saturated carbocycles. The summed E-state index contributed by atoms with van der Waals surface area (Å²) in [5, 5.41) is 14.0. The van der Waals surface area contributed by atoms with Crippen molar-refractivity contribution in [2.75, 3.05) is 16.8 Å². The van der Waals surface area contributed by atoms with E-state index in [1.54, 1.807) is 6.20 Å². The van der Waals surface area contributed by atoms with Gasteiger partial charge in [-0.15, -0.1) is 0 Å². The zero-order chi connectivity index (χ0) is 22.1. The van der Waals surface area contributed by atoms with Crippen LogP contribution in [0.5, 0.6) is 5.88 Å². The third kappa shape index (κ3) is 4.40. The number of aliphatic hydroxyl groups excluding tert-OH is 1. The lowest BCUT2D eigenvalue weighted by molar-refractivity contribution is 0.0647. The van der Waals surface area contributed by atoms with Crippen LogP contribution in [0.15, 0.2) is 41.2 Å². The zero-order valence-electron chi connectivity index (χ0n) is 18.0. The fraction of sp³-hybridized carbons (Fsp3) is 0.435. The van der Waals surface area contributed by atoms with Crippen molar-refractivity contribution in [3.8, 4) is 5.88 Å². The number of nitrogens with one attached hydrogen (secondary N) is 1. The second-order valence-corrected chi connectivity index (χ2v) is 11.1. The highest BCUT2D eigenvalue weighted by atomic mass is 32.2. The number of benzene rings is 1. The van der Waals surface area contributed by atoms with Crippen LogP contribution < -0.4 is 10.1 Å². The number of pyridine rings is 1. The number of anilines is 2. The van der Waals surface area contributed by atoms with Gasteiger partial charge in [0.2, 0.25) is 5.88 Å². The summed E-state index contributed by atoms with van der Waals surface area (Å²) in [6.07, 6.45) is 7.10.